The second-order valence-corrected chi connectivity index (χ2v) is 3.39. The average molecular weight is 204 g/mol. The van der Waals surface area contributed by atoms with Gasteiger partial charge in [-0.15, -0.1) is 13.2 Å². The van der Waals surface area contributed by atoms with Gasteiger partial charge in [0.25, 0.3) is 0 Å². The van der Waals surface area contributed by atoms with Crippen LogP contribution in [0.25, 0.3) is 0 Å². The maximum Gasteiger partial charge on any atom is 0.0814 e. The molecule has 0 bridgehead atoms. The molecule has 0 spiro atoms. The summed E-state index contributed by atoms with van der Waals surface area (Å²) in [5, 5.41) is 19.5. The molecule has 15 heavy (non-hydrogen) atoms. The topological polar surface area (TPSA) is 40.5 Å². The van der Waals surface area contributed by atoms with Crippen molar-refractivity contribution in [3.8, 4) is 0 Å². The van der Waals surface area contributed by atoms with E-state index in [1.54, 1.807) is 0 Å². The maximum absolute atomic E-state index is 9.75. The molecule has 0 aliphatic carbocycles. The van der Waals surface area contributed by atoms with Gasteiger partial charge in [0.1, 0.15) is 0 Å². The minimum atomic E-state index is -0.777. The molecular weight excluding hydrogens is 188 g/mol. The van der Waals surface area contributed by atoms with E-state index in [2.05, 4.69) is 13.2 Å². The number of aliphatic hydroxyl groups is 2. The summed E-state index contributed by atoms with van der Waals surface area (Å²) in [6.07, 6.45) is 1.29. The third kappa shape index (κ3) is 2.78. The van der Waals surface area contributed by atoms with Crippen molar-refractivity contribution in [3.05, 3.63) is 61.2 Å². The lowest BCUT2D eigenvalue weighted by atomic mass is 9.88. The molecule has 1 rings (SSSR count). The van der Waals surface area contributed by atoms with Crippen LogP contribution in [-0.2, 0) is 0 Å². The summed E-state index contributed by atoms with van der Waals surface area (Å²) in [5.74, 6) is -0.402. The molecule has 0 fully saturated rings. The second kappa shape index (κ2) is 5.49. The minimum absolute atomic E-state index is 0.402. The number of hydrogen-bond donors (Lipinski definition) is 2. The molecule has 0 amide bonds. The van der Waals surface area contributed by atoms with Gasteiger partial charge in [-0.25, -0.2) is 0 Å². The van der Waals surface area contributed by atoms with Crippen molar-refractivity contribution in [2.24, 2.45) is 0 Å². The van der Waals surface area contributed by atoms with Crippen molar-refractivity contribution in [1.82, 2.24) is 0 Å². The highest BCUT2D eigenvalue weighted by Gasteiger charge is 2.24. The largest absolute Gasteiger partial charge is 0.388 e. The number of aliphatic hydroxyl groups excluding tert-OH is 2. The van der Waals surface area contributed by atoms with E-state index in [1.165, 1.54) is 12.2 Å². The van der Waals surface area contributed by atoms with Crippen LogP contribution in [0.1, 0.15) is 11.5 Å². The van der Waals surface area contributed by atoms with Crippen LogP contribution in [0.4, 0.5) is 0 Å². The molecule has 0 radical (unpaired) electrons. The van der Waals surface area contributed by atoms with Crippen molar-refractivity contribution < 1.29 is 10.2 Å². The van der Waals surface area contributed by atoms with E-state index in [0.717, 1.165) is 5.56 Å². The standard InChI is InChI=1S/C13H16O2/c1-3-11(14)13(12(15)4-2)10-8-6-5-7-9-10/h3-9,11-15H,1-2H2/t11-,12+,13?. The van der Waals surface area contributed by atoms with Crippen molar-refractivity contribution in [2.45, 2.75) is 18.1 Å². The van der Waals surface area contributed by atoms with Crippen molar-refractivity contribution >= 4 is 0 Å². The van der Waals surface area contributed by atoms with Gasteiger partial charge >= 0.3 is 0 Å². The van der Waals surface area contributed by atoms with Crippen molar-refractivity contribution in [3.63, 3.8) is 0 Å². The number of rotatable bonds is 5. The summed E-state index contributed by atoms with van der Waals surface area (Å²) in [5.41, 5.74) is 0.873. The molecule has 0 saturated heterocycles. The van der Waals surface area contributed by atoms with Gasteiger partial charge in [0.2, 0.25) is 0 Å². The SMILES string of the molecule is C=C[C@@H](O)C(c1ccccc1)[C@@H](O)C=C. The molecule has 0 saturated carbocycles. The van der Waals surface area contributed by atoms with Crippen LogP contribution in [0, 0.1) is 0 Å². The zero-order valence-electron chi connectivity index (χ0n) is 8.58. The molecule has 0 aromatic heterocycles. The molecule has 0 heterocycles. The highest BCUT2D eigenvalue weighted by Crippen LogP contribution is 2.24. The van der Waals surface area contributed by atoms with Crippen LogP contribution in [0.3, 0.4) is 0 Å². The monoisotopic (exact) mass is 204 g/mol. The maximum atomic E-state index is 9.75. The predicted molar refractivity (Wildman–Crippen MR) is 61.6 cm³/mol. The first kappa shape index (κ1) is 11.7. The summed E-state index contributed by atoms with van der Waals surface area (Å²) in [7, 11) is 0. The first-order chi connectivity index (χ1) is 7.20. The molecule has 2 N–H and O–H groups in total. The van der Waals surface area contributed by atoms with Gasteiger partial charge < -0.3 is 10.2 Å². The van der Waals surface area contributed by atoms with E-state index < -0.39 is 18.1 Å². The van der Waals surface area contributed by atoms with Crippen LogP contribution in [0.5, 0.6) is 0 Å². The van der Waals surface area contributed by atoms with Crippen LogP contribution in [0.2, 0.25) is 0 Å². The molecular formula is C13H16O2. The molecule has 3 atom stereocenters. The Hall–Kier alpha value is -1.38. The Morgan fingerprint density at radius 3 is 1.80 bits per heavy atom. The van der Waals surface area contributed by atoms with Gasteiger partial charge in [-0.1, -0.05) is 42.5 Å². The van der Waals surface area contributed by atoms with Gasteiger partial charge in [-0.2, -0.15) is 0 Å². The molecule has 0 aliphatic rings. The third-order valence-electron chi connectivity index (χ3n) is 2.40. The van der Waals surface area contributed by atoms with E-state index >= 15 is 0 Å². The Labute approximate surface area is 90.2 Å². The fraction of sp³-hybridized carbons (Fsp3) is 0.231. The average Bonchev–Trinajstić information content (AvgIpc) is 2.30. The van der Waals surface area contributed by atoms with E-state index in [-0.39, 0.29) is 0 Å². The fourth-order valence-corrected chi connectivity index (χ4v) is 1.56. The molecule has 0 aliphatic heterocycles. The zero-order valence-corrected chi connectivity index (χ0v) is 8.58. The molecule has 1 aromatic carbocycles. The smallest absolute Gasteiger partial charge is 0.0814 e. The highest BCUT2D eigenvalue weighted by molar-refractivity contribution is 5.24. The Balaban J connectivity index is 3.01. The highest BCUT2D eigenvalue weighted by atomic mass is 16.3. The second-order valence-electron chi connectivity index (χ2n) is 3.39. The summed E-state index contributed by atoms with van der Waals surface area (Å²) in [6.45, 7) is 7.06. The lowest BCUT2D eigenvalue weighted by Crippen LogP contribution is -2.26. The zero-order chi connectivity index (χ0) is 11.3. The first-order valence-corrected chi connectivity index (χ1v) is 4.87. The molecule has 80 valence electrons. The molecule has 1 aromatic rings. The summed E-state index contributed by atoms with van der Waals surface area (Å²) in [4.78, 5) is 0. The summed E-state index contributed by atoms with van der Waals surface area (Å²) in [6, 6.07) is 9.36. The summed E-state index contributed by atoms with van der Waals surface area (Å²) >= 11 is 0. The van der Waals surface area contributed by atoms with E-state index in [1.807, 2.05) is 30.3 Å². The predicted octanol–water partition coefficient (Wildman–Crippen LogP) is 1.86. The van der Waals surface area contributed by atoms with Gasteiger partial charge in [0, 0.05) is 5.92 Å². The minimum Gasteiger partial charge on any atom is -0.388 e. The van der Waals surface area contributed by atoms with Crippen molar-refractivity contribution in [1.29, 1.82) is 0 Å². The Kier molecular flexibility index (Phi) is 4.28. The van der Waals surface area contributed by atoms with Crippen LogP contribution in [0.15, 0.2) is 55.6 Å². The number of hydrogen-bond acceptors (Lipinski definition) is 2. The van der Waals surface area contributed by atoms with Gasteiger partial charge in [0.05, 0.1) is 12.2 Å². The normalized spacial score (nSPS) is 16.4. The summed E-state index contributed by atoms with van der Waals surface area (Å²) < 4.78 is 0. The number of benzene rings is 1. The van der Waals surface area contributed by atoms with E-state index in [9.17, 15) is 10.2 Å². The van der Waals surface area contributed by atoms with Crippen LogP contribution in [-0.4, -0.2) is 22.4 Å². The first-order valence-electron chi connectivity index (χ1n) is 4.87. The van der Waals surface area contributed by atoms with Crippen molar-refractivity contribution in [2.75, 3.05) is 0 Å². The Morgan fingerprint density at radius 2 is 1.40 bits per heavy atom. The van der Waals surface area contributed by atoms with Gasteiger partial charge in [0.15, 0.2) is 0 Å². The molecule has 2 heteroatoms. The fourth-order valence-electron chi connectivity index (χ4n) is 1.56. The van der Waals surface area contributed by atoms with Gasteiger partial charge in [-0.3, -0.25) is 0 Å². The Bertz CT molecular complexity index is 305. The van der Waals surface area contributed by atoms with Crippen LogP contribution < -0.4 is 0 Å². The lowest BCUT2D eigenvalue weighted by Gasteiger charge is -2.24. The Morgan fingerprint density at radius 1 is 0.933 bits per heavy atom. The molecule has 1 unspecified atom stereocenters. The van der Waals surface area contributed by atoms with Gasteiger partial charge in [-0.05, 0) is 5.56 Å². The van der Waals surface area contributed by atoms with E-state index in [0.29, 0.717) is 0 Å². The quantitative estimate of drug-likeness (QED) is 0.719. The lowest BCUT2D eigenvalue weighted by molar-refractivity contribution is 0.104. The third-order valence-corrected chi connectivity index (χ3v) is 2.40. The molecule has 2 nitrogen and oxygen atoms in total. The van der Waals surface area contributed by atoms with Crippen LogP contribution >= 0.6 is 0 Å². The van der Waals surface area contributed by atoms with E-state index in [4.69, 9.17) is 0 Å².